The largest absolute Gasteiger partial charge is 0.482 e. The molecule has 0 bridgehead atoms. The van der Waals surface area contributed by atoms with Gasteiger partial charge in [0.05, 0.1) is 29.1 Å². The lowest BCUT2D eigenvalue weighted by Crippen LogP contribution is -2.49. The molecule has 214 valence electrons. The standard InChI is InChI=1S/C31H38ClF2N5O/c1-19(2)39-18-31(3,4)40-30-23(32)15-21(16-27(30)39)29-25(34)17-35-28(36-29)14-20-7-8-26(24(33)13-20)38-11-9-22(10-12-38)37(5)6/h7-8,13,15-17,19,22H,9-12,14,18H2,1-6H3. The van der Waals surface area contributed by atoms with E-state index in [0.29, 0.717) is 40.4 Å². The number of fused-ring (bicyclic) bond motifs is 1. The highest BCUT2D eigenvalue weighted by atomic mass is 35.5. The Kier molecular flexibility index (Phi) is 7.94. The number of anilines is 2. The van der Waals surface area contributed by atoms with E-state index in [-0.39, 0.29) is 24.0 Å². The van der Waals surface area contributed by atoms with Crippen molar-refractivity contribution in [3.05, 3.63) is 64.6 Å². The first-order valence-electron chi connectivity index (χ1n) is 13.9. The van der Waals surface area contributed by atoms with Crippen molar-refractivity contribution in [2.75, 3.05) is 43.5 Å². The Morgan fingerprint density at radius 2 is 1.80 bits per heavy atom. The fourth-order valence-corrected chi connectivity index (χ4v) is 5.96. The van der Waals surface area contributed by atoms with Crippen LogP contribution >= 0.6 is 11.6 Å². The van der Waals surface area contributed by atoms with Gasteiger partial charge in [-0.1, -0.05) is 17.7 Å². The van der Waals surface area contributed by atoms with Gasteiger partial charge in [-0.05, 0) is 84.5 Å². The average molecular weight is 570 g/mol. The van der Waals surface area contributed by atoms with Crippen LogP contribution in [0.15, 0.2) is 36.5 Å². The smallest absolute Gasteiger partial charge is 0.167 e. The summed E-state index contributed by atoms with van der Waals surface area (Å²) in [5.74, 6) is 0.186. The number of halogens is 3. The number of piperidine rings is 1. The zero-order valence-electron chi connectivity index (χ0n) is 24.1. The van der Waals surface area contributed by atoms with Crippen molar-refractivity contribution in [3.63, 3.8) is 0 Å². The molecule has 2 aliphatic rings. The molecule has 0 radical (unpaired) electrons. The quantitative estimate of drug-likeness (QED) is 0.334. The van der Waals surface area contributed by atoms with Crippen LogP contribution in [0.25, 0.3) is 11.3 Å². The number of hydrogen-bond acceptors (Lipinski definition) is 6. The van der Waals surface area contributed by atoms with Crippen LogP contribution in [0.1, 0.15) is 51.9 Å². The number of hydrogen-bond donors (Lipinski definition) is 0. The van der Waals surface area contributed by atoms with E-state index in [1.54, 1.807) is 6.07 Å². The van der Waals surface area contributed by atoms with E-state index in [1.807, 2.05) is 32.0 Å². The van der Waals surface area contributed by atoms with E-state index in [0.717, 1.165) is 37.2 Å². The Labute approximate surface area is 240 Å². The fourth-order valence-electron chi connectivity index (χ4n) is 5.71. The lowest BCUT2D eigenvalue weighted by atomic mass is 10.0. The third-order valence-electron chi connectivity index (χ3n) is 7.86. The molecule has 6 nitrogen and oxygen atoms in total. The van der Waals surface area contributed by atoms with Crippen LogP contribution in [0.2, 0.25) is 5.02 Å². The monoisotopic (exact) mass is 569 g/mol. The van der Waals surface area contributed by atoms with Crippen LogP contribution in [0.5, 0.6) is 5.75 Å². The molecule has 0 aliphatic carbocycles. The average Bonchev–Trinajstić information content (AvgIpc) is 2.89. The Balaban J connectivity index is 1.39. The second-order valence-corrected chi connectivity index (χ2v) is 12.4. The summed E-state index contributed by atoms with van der Waals surface area (Å²) in [4.78, 5) is 15.3. The molecule has 1 fully saturated rings. The van der Waals surface area contributed by atoms with Gasteiger partial charge in [0.25, 0.3) is 0 Å². The van der Waals surface area contributed by atoms with Crippen molar-refractivity contribution in [1.29, 1.82) is 0 Å². The molecule has 40 heavy (non-hydrogen) atoms. The van der Waals surface area contributed by atoms with Crippen LogP contribution < -0.4 is 14.5 Å². The lowest BCUT2D eigenvalue weighted by Gasteiger charge is -2.43. The van der Waals surface area contributed by atoms with Crippen molar-refractivity contribution < 1.29 is 13.5 Å². The molecule has 3 heterocycles. The van der Waals surface area contributed by atoms with Crippen LogP contribution in [0, 0.1) is 11.6 Å². The highest BCUT2D eigenvalue weighted by Gasteiger charge is 2.35. The van der Waals surface area contributed by atoms with Gasteiger partial charge in [-0.3, -0.25) is 0 Å². The topological polar surface area (TPSA) is 44.7 Å². The predicted molar refractivity (Wildman–Crippen MR) is 158 cm³/mol. The molecular weight excluding hydrogens is 532 g/mol. The maximum Gasteiger partial charge on any atom is 0.167 e. The highest BCUT2D eigenvalue weighted by Crippen LogP contribution is 2.45. The lowest BCUT2D eigenvalue weighted by molar-refractivity contribution is 0.103. The maximum absolute atomic E-state index is 15.2. The van der Waals surface area contributed by atoms with Gasteiger partial charge in [0, 0.05) is 37.2 Å². The first-order chi connectivity index (χ1) is 18.9. The Morgan fingerprint density at radius 1 is 1.07 bits per heavy atom. The van der Waals surface area contributed by atoms with Gasteiger partial charge in [-0.2, -0.15) is 0 Å². The summed E-state index contributed by atoms with van der Waals surface area (Å²) in [7, 11) is 4.18. The minimum Gasteiger partial charge on any atom is -0.482 e. The second kappa shape index (κ2) is 11.1. The zero-order chi connectivity index (χ0) is 28.8. The summed E-state index contributed by atoms with van der Waals surface area (Å²) in [6, 6.07) is 9.55. The van der Waals surface area contributed by atoms with Gasteiger partial charge in [-0.15, -0.1) is 0 Å². The Hall–Kier alpha value is -2.97. The van der Waals surface area contributed by atoms with Crippen molar-refractivity contribution in [3.8, 4) is 17.0 Å². The normalized spacial score (nSPS) is 17.4. The van der Waals surface area contributed by atoms with Crippen molar-refractivity contribution in [2.24, 2.45) is 0 Å². The molecule has 0 atom stereocenters. The maximum atomic E-state index is 15.2. The van der Waals surface area contributed by atoms with Crippen LogP contribution in [-0.4, -0.2) is 66.3 Å². The van der Waals surface area contributed by atoms with Gasteiger partial charge in [0.2, 0.25) is 0 Å². The van der Waals surface area contributed by atoms with E-state index in [9.17, 15) is 0 Å². The van der Waals surface area contributed by atoms with E-state index < -0.39 is 11.4 Å². The van der Waals surface area contributed by atoms with E-state index in [1.165, 1.54) is 12.3 Å². The first-order valence-corrected chi connectivity index (χ1v) is 14.3. The number of benzene rings is 2. The highest BCUT2D eigenvalue weighted by molar-refractivity contribution is 6.33. The van der Waals surface area contributed by atoms with Gasteiger partial charge in [0.1, 0.15) is 22.9 Å². The van der Waals surface area contributed by atoms with Gasteiger partial charge >= 0.3 is 0 Å². The summed E-state index contributed by atoms with van der Waals surface area (Å²) in [5.41, 5.74) is 2.44. The molecular formula is C31H38ClF2N5O. The van der Waals surface area contributed by atoms with Gasteiger partial charge in [-0.25, -0.2) is 18.7 Å². The molecule has 3 aromatic rings. The minimum absolute atomic E-state index is 0.157. The zero-order valence-corrected chi connectivity index (χ0v) is 24.9. The van der Waals surface area contributed by atoms with Crippen LogP contribution in [0.3, 0.4) is 0 Å². The van der Waals surface area contributed by atoms with E-state index >= 15 is 8.78 Å². The summed E-state index contributed by atoms with van der Waals surface area (Å²) in [6.07, 6.45) is 3.46. The first kappa shape index (κ1) is 28.6. The molecule has 9 heteroatoms. The Bertz CT molecular complexity index is 1390. The third kappa shape index (κ3) is 5.88. The molecule has 2 aliphatic heterocycles. The summed E-state index contributed by atoms with van der Waals surface area (Å²) in [5, 5.41) is 0.401. The summed E-state index contributed by atoms with van der Waals surface area (Å²) in [6.45, 7) is 10.6. The number of ether oxygens (including phenoxy) is 1. The molecule has 1 saturated heterocycles. The molecule has 0 unspecified atom stereocenters. The van der Waals surface area contributed by atoms with Crippen molar-refractivity contribution in [2.45, 2.75) is 64.6 Å². The van der Waals surface area contributed by atoms with E-state index in [2.05, 4.69) is 52.6 Å². The predicted octanol–water partition coefficient (Wildman–Crippen LogP) is 6.58. The fraction of sp³-hybridized carbons (Fsp3) is 0.484. The van der Waals surface area contributed by atoms with Crippen LogP contribution in [0.4, 0.5) is 20.2 Å². The SMILES string of the molecule is CC(C)N1CC(C)(C)Oc2c(Cl)cc(-c3nc(Cc4ccc(N5CCC(N(C)C)CC5)c(F)c4)ncc3F)cc21. The molecule has 2 aromatic carbocycles. The molecule has 0 spiro atoms. The van der Waals surface area contributed by atoms with Crippen molar-refractivity contribution >= 4 is 23.0 Å². The third-order valence-corrected chi connectivity index (χ3v) is 8.14. The molecule has 5 rings (SSSR count). The van der Waals surface area contributed by atoms with Crippen LogP contribution in [-0.2, 0) is 6.42 Å². The van der Waals surface area contributed by atoms with E-state index in [4.69, 9.17) is 16.3 Å². The van der Waals surface area contributed by atoms with Crippen molar-refractivity contribution in [1.82, 2.24) is 14.9 Å². The Morgan fingerprint density at radius 3 is 2.45 bits per heavy atom. The van der Waals surface area contributed by atoms with Gasteiger partial charge < -0.3 is 19.4 Å². The molecule has 0 amide bonds. The number of rotatable bonds is 6. The van der Waals surface area contributed by atoms with Gasteiger partial charge in [0.15, 0.2) is 11.6 Å². The number of nitrogens with zero attached hydrogens (tertiary/aromatic N) is 5. The summed E-state index contributed by atoms with van der Waals surface area (Å²) < 4.78 is 36.4. The minimum atomic E-state index is -0.546. The second-order valence-electron chi connectivity index (χ2n) is 12.0. The number of aromatic nitrogens is 2. The molecule has 1 aromatic heterocycles. The molecule has 0 N–H and O–H groups in total. The summed E-state index contributed by atoms with van der Waals surface area (Å²) >= 11 is 6.67. The molecule has 0 saturated carbocycles.